The molecule has 4 nitrogen and oxygen atoms in total. The van der Waals surface area contributed by atoms with E-state index in [9.17, 15) is 0 Å². The van der Waals surface area contributed by atoms with Gasteiger partial charge in [0.25, 0.3) is 5.95 Å². The van der Waals surface area contributed by atoms with E-state index < -0.39 is 0 Å². The molecule has 0 unspecified atom stereocenters. The van der Waals surface area contributed by atoms with Crippen molar-refractivity contribution >= 4 is 23.2 Å². The summed E-state index contributed by atoms with van der Waals surface area (Å²) in [5, 5.41) is 6.68. The van der Waals surface area contributed by atoms with Gasteiger partial charge in [0, 0.05) is 5.69 Å². The molecule has 2 rings (SSSR count). The Morgan fingerprint density at radius 2 is 2.07 bits per heavy atom. The van der Waals surface area contributed by atoms with Gasteiger partial charge in [-0.05, 0) is 17.3 Å². The number of nitrogens with one attached hydrogen (secondary N) is 1. The van der Waals surface area contributed by atoms with Crippen molar-refractivity contribution in [2.75, 3.05) is 5.32 Å². The quantitative estimate of drug-likeness (QED) is 0.790. The number of anilines is 2. The third kappa shape index (κ3) is 2.03. The molecule has 0 atom stereocenters. The summed E-state index contributed by atoms with van der Waals surface area (Å²) >= 11 is 5.52. The van der Waals surface area contributed by atoms with Gasteiger partial charge in [0.05, 0.1) is 0 Å². The van der Waals surface area contributed by atoms with Crippen LogP contribution in [-0.2, 0) is 5.88 Å². The largest absolute Gasteiger partial charge is 0.336 e. The molecule has 14 heavy (non-hydrogen) atoms. The van der Waals surface area contributed by atoms with E-state index in [1.807, 2.05) is 30.3 Å². The predicted octanol–water partition coefficient (Wildman–Crippen LogP) is 2.55. The predicted molar refractivity (Wildman–Crippen MR) is 53.6 cm³/mol. The first-order chi connectivity index (χ1) is 6.88. The van der Waals surface area contributed by atoms with Crippen LogP contribution in [0.5, 0.6) is 0 Å². The molecular weight excluding hydrogens is 202 g/mol. The summed E-state index contributed by atoms with van der Waals surface area (Å²) < 4.78 is 4.83. The minimum absolute atomic E-state index is 0.226. The second-order valence-electron chi connectivity index (χ2n) is 2.64. The second-order valence-corrected chi connectivity index (χ2v) is 2.90. The number of rotatable bonds is 3. The normalized spacial score (nSPS) is 10.1. The fourth-order valence-electron chi connectivity index (χ4n) is 1.01. The number of alkyl halides is 1. The molecule has 72 valence electrons. The topological polar surface area (TPSA) is 51.0 Å². The van der Waals surface area contributed by atoms with Gasteiger partial charge in [-0.1, -0.05) is 18.2 Å². The highest BCUT2D eigenvalue weighted by Crippen LogP contribution is 2.12. The third-order valence-electron chi connectivity index (χ3n) is 1.61. The fourth-order valence-corrected chi connectivity index (χ4v) is 1.12. The number of hydrogen-bond acceptors (Lipinski definition) is 4. The molecule has 0 spiro atoms. The highest BCUT2D eigenvalue weighted by atomic mass is 35.5. The summed E-state index contributed by atoms with van der Waals surface area (Å²) in [6.45, 7) is 0. The van der Waals surface area contributed by atoms with Crippen LogP contribution in [0, 0.1) is 0 Å². The lowest BCUT2D eigenvalue weighted by Crippen LogP contribution is -1.91. The molecule has 5 heteroatoms. The summed E-state index contributed by atoms with van der Waals surface area (Å²) in [6, 6.07) is 9.61. The molecule has 1 heterocycles. The van der Waals surface area contributed by atoms with Crippen LogP contribution >= 0.6 is 11.6 Å². The van der Waals surface area contributed by atoms with E-state index >= 15 is 0 Å². The molecule has 0 radical (unpaired) electrons. The van der Waals surface area contributed by atoms with E-state index in [4.69, 9.17) is 16.1 Å². The molecular formula is C9H8ClN3O. The van der Waals surface area contributed by atoms with Crippen molar-refractivity contribution in [3.63, 3.8) is 0 Å². The molecule has 1 aromatic carbocycles. The number of hydrogen-bond donors (Lipinski definition) is 1. The van der Waals surface area contributed by atoms with Crippen molar-refractivity contribution in [1.82, 2.24) is 10.1 Å². The van der Waals surface area contributed by atoms with Crippen LogP contribution in [-0.4, -0.2) is 10.1 Å². The zero-order valence-corrected chi connectivity index (χ0v) is 8.03. The molecule has 2 aromatic rings. The minimum atomic E-state index is 0.226. The number of benzene rings is 1. The van der Waals surface area contributed by atoms with E-state index in [1.165, 1.54) is 0 Å². The molecule has 0 bridgehead atoms. The van der Waals surface area contributed by atoms with Crippen molar-refractivity contribution < 1.29 is 4.52 Å². The van der Waals surface area contributed by atoms with E-state index in [2.05, 4.69) is 15.5 Å². The first-order valence-corrected chi connectivity index (χ1v) is 4.62. The van der Waals surface area contributed by atoms with E-state index in [0.717, 1.165) is 5.69 Å². The molecule has 1 aromatic heterocycles. The Bertz CT molecular complexity index is 401. The molecule has 0 aliphatic carbocycles. The second kappa shape index (κ2) is 4.11. The smallest absolute Gasteiger partial charge is 0.267 e. The van der Waals surface area contributed by atoms with Gasteiger partial charge in [-0.3, -0.25) is 0 Å². The van der Waals surface area contributed by atoms with Gasteiger partial charge in [0.15, 0.2) is 0 Å². The standard InChI is InChI=1S/C9H8ClN3O/c10-6-8-12-9(13-14-8)11-7-4-2-1-3-5-7/h1-5H,6H2,(H,11,13). The fraction of sp³-hybridized carbons (Fsp3) is 0.111. The maximum absolute atomic E-state index is 5.52. The zero-order valence-electron chi connectivity index (χ0n) is 7.27. The summed E-state index contributed by atoms with van der Waals surface area (Å²) in [5.74, 6) is 1.06. The molecule has 1 N–H and O–H groups in total. The number of halogens is 1. The van der Waals surface area contributed by atoms with Gasteiger partial charge in [0.2, 0.25) is 5.89 Å². The highest BCUT2D eigenvalue weighted by molar-refractivity contribution is 6.16. The Kier molecular flexibility index (Phi) is 2.65. The third-order valence-corrected chi connectivity index (χ3v) is 1.84. The first-order valence-electron chi connectivity index (χ1n) is 4.09. The summed E-state index contributed by atoms with van der Waals surface area (Å²) in [4.78, 5) is 4.00. The van der Waals surface area contributed by atoms with Gasteiger partial charge in [-0.2, -0.15) is 4.98 Å². The SMILES string of the molecule is ClCc1nc(Nc2ccccc2)no1. The van der Waals surface area contributed by atoms with Gasteiger partial charge in [-0.15, -0.1) is 11.6 Å². The first kappa shape index (κ1) is 9.02. The Balaban J connectivity index is 2.11. The monoisotopic (exact) mass is 209 g/mol. The highest BCUT2D eigenvalue weighted by Gasteiger charge is 2.03. The Hall–Kier alpha value is -1.55. The Labute approximate surface area is 85.9 Å². The van der Waals surface area contributed by atoms with Gasteiger partial charge in [0.1, 0.15) is 5.88 Å². The van der Waals surface area contributed by atoms with Crippen molar-refractivity contribution in [1.29, 1.82) is 0 Å². The lowest BCUT2D eigenvalue weighted by molar-refractivity contribution is 0.391. The van der Waals surface area contributed by atoms with Crippen LogP contribution in [0.4, 0.5) is 11.6 Å². The Morgan fingerprint density at radius 3 is 2.71 bits per heavy atom. The van der Waals surface area contributed by atoms with Crippen molar-refractivity contribution in [2.24, 2.45) is 0 Å². The average Bonchev–Trinajstić information content (AvgIpc) is 2.67. The number of aromatic nitrogens is 2. The van der Waals surface area contributed by atoms with Crippen molar-refractivity contribution in [3.8, 4) is 0 Å². The van der Waals surface area contributed by atoms with Gasteiger partial charge < -0.3 is 9.84 Å². The zero-order chi connectivity index (χ0) is 9.80. The van der Waals surface area contributed by atoms with E-state index in [1.54, 1.807) is 0 Å². The molecule has 0 fully saturated rings. The lowest BCUT2D eigenvalue weighted by Gasteiger charge is -1.98. The molecule has 0 amide bonds. The van der Waals surface area contributed by atoms with Gasteiger partial charge >= 0.3 is 0 Å². The van der Waals surface area contributed by atoms with Crippen LogP contribution in [0.2, 0.25) is 0 Å². The van der Waals surface area contributed by atoms with E-state index in [-0.39, 0.29) is 5.88 Å². The molecule has 0 aliphatic heterocycles. The molecule has 0 saturated heterocycles. The summed E-state index contributed by atoms with van der Waals surface area (Å²) in [5.41, 5.74) is 0.912. The van der Waals surface area contributed by atoms with Crippen LogP contribution in [0.15, 0.2) is 34.9 Å². The van der Waals surface area contributed by atoms with E-state index in [0.29, 0.717) is 11.8 Å². The number of para-hydroxylation sites is 1. The van der Waals surface area contributed by atoms with Crippen molar-refractivity contribution in [2.45, 2.75) is 5.88 Å². The van der Waals surface area contributed by atoms with Crippen molar-refractivity contribution in [3.05, 3.63) is 36.2 Å². The van der Waals surface area contributed by atoms with Crippen LogP contribution in [0.1, 0.15) is 5.89 Å². The van der Waals surface area contributed by atoms with Gasteiger partial charge in [-0.25, -0.2) is 0 Å². The average molecular weight is 210 g/mol. The van der Waals surface area contributed by atoms with Crippen LogP contribution in [0.3, 0.4) is 0 Å². The lowest BCUT2D eigenvalue weighted by atomic mass is 10.3. The molecule has 0 aliphatic rings. The summed E-state index contributed by atoms with van der Waals surface area (Å²) in [7, 11) is 0. The van der Waals surface area contributed by atoms with Crippen LogP contribution < -0.4 is 5.32 Å². The minimum Gasteiger partial charge on any atom is -0.336 e. The maximum Gasteiger partial charge on any atom is 0.267 e. The summed E-state index contributed by atoms with van der Waals surface area (Å²) in [6.07, 6.45) is 0. The maximum atomic E-state index is 5.52. The van der Waals surface area contributed by atoms with Crippen LogP contribution in [0.25, 0.3) is 0 Å². The number of nitrogens with zero attached hydrogens (tertiary/aromatic N) is 2. The Morgan fingerprint density at radius 1 is 1.29 bits per heavy atom. The molecule has 0 saturated carbocycles.